The summed E-state index contributed by atoms with van der Waals surface area (Å²) in [6, 6.07) is 0.375. The fraction of sp³-hybridized carbons (Fsp3) is 0.667. The van der Waals surface area contributed by atoms with E-state index in [-0.39, 0.29) is 0 Å². The summed E-state index contributed by atoms with van der Waals surface area (Å²) in [6.07, 6.45) is 2.84. The first-order chi connectivity index (χ1) is 8.04. The third-order valence-electron chi connectivity index (χ3n) is 2.64. The molecular weight excluding hydrogens is 280 g/mol. The third-order valence-corrected chi connectivity index (χ3v) is 3.22. The normalized spacial score (nSPS) is 12.6. The van der Waals surface area contributed by atoms with E-state index in [0.717, 1.165) is 23.3 Å². The van der Waals surface area contributed by atoms with Gasteiger partial charge in [0.1, 0.15) is 5.82 Å². The standard InChI is InChI=1S/C12H21BrN4/c1-5-6-14-12-15-7-10(13)11(17-12)16-9(4)8(2)3/h7-9H,5-6H2,1-4H3,(H2,14,15,16,17). The van der Waals surface area contributed by atoms with Gasteiger partial charge in [0, 0.05) is 18.8 Å². The molecule has 1 rings (SSSR count). The summed E-state index contributed by atoms with van der Waals surface area (Å²) in [5.41, 5.74) is 0. The van der Waals surface area contributed by atoms with Gasteiger partial charge in [0.15, 0.2) is 0 Å². The Labute approximate surface area is 112 Å². The molecule has 1 aromatic heterocycles. The maximum atomic E-state index is 4.45. The number of rotatable bonds is 6. The minimum Gasteiger partial charge on any atom is -0.366 e. The maximum Gasteiger partial charge on any atom is 0.224 e. The lowest BCUT2D eigenvalue weighted by molar-refractivity contribution is 0.558. The zero-order valence-corrected chi connectivity index (χ0v) is 12.5. The predicted molar refractivity (Wildman–Crippen MR) is 76.4 cm³/mol. The van der Waals surface area contributed by atoms with Gasteiger partial charge in [-0.1, -0.05) is 20.8 Å². The summed E-state index contributed by atoms with van der Waals surface area (Å²) in [6.45, 7) is 9.52. The summed E-state index contributed by atoms with van der Waals surface area (Å²) in [5, 5.41) is 6.57. The fourth-order valence-corrected chi connectivity index (χ4v) is 1.48. The van der Waals surface area contributed by atoms with Crippen LogP contribution in [0.2, 0.25) is 0 Å². The Hall–Kier alpha value is -0.840. The molecule has 0 aromatic carbocycles. The molecule has 1 atom stereocenters. The Balaban J connectivity index is 2.75. The highest BCUT2D eigenvalue weighted by molar-refractivity contribution is 9.10. The topological polar surface area (TPSA) is 49.8 Å². The number of nitrogens with zero attached hydrogens (tertiary/aromatic N) is 2. The van der Waals surface area contributed by atoms with Gasteiger partial charge in [-0.3, -0.25) is 0 Å². The molecule has 96 valence electrons. The van der Waals surface area contributed by atoms with Crippen LogP contribution in [0.4, 0.5) is 11.8 Å². The molecule has 0 spiro atoms. The largest absolute Gasteiger partial charge is 0.366 e. The van der Waals surface area contributed by atoms with E-state index in [9.17, 15) is 0 Å². The number of halogens is 1. The number of hydrogen-bond acceptors (Lipinski definition) is 4. The van der Waals surface area contributed by atoms with Crippen molar-refractivity contribution < 1.29 is 0 Å². The van der Waals surface area contributed by atoms with Gasteiger partial charge >= 0.3 is 0 Å². The van der Waals surface area contributed by atoms with Crippen molar-refractivity contribution in [2.75, 3.05) is 17.2 Å². The fourth-order valence-electron chi connectivity index (χ4n) is 1.17. The van der Waals surface area contributed by atoms with Gasteiger partial charge in [-0.2, -0.15) is 4.98 Å². The molecule has 0 bridgehead atoms. The van der Waals surface area contributed by atoms with Gasteiger partial charge in [-0.05, 0) is 35.2 Å². The summed E-state index contributed by atoms with van der Waals surface area (Å²) < 4.78 is 0.895. The number of aromatic nitrogens is 2. The van der Waals surface area contributed by atoms with Crippen molar-refractivity contribution in [3.05, 3.63) is 10.7 Å². The average Bonchev–Trinajstić information content (AvgIpc) is 2.29. The minimum absolute atomic E-state index is 0.375. The molecular formula is C12H21BrN4. The second-order valence-electron chi connectivity index (χ2n) is 4.49. The molecule has 2 N–H and O–H groups in total. The Bertz CT molecular complexity index is 354. The molecule has 1 aromatic rings. The molecule has 0 amide bonds. The van der Waals surface area contributed by atoms with E-state index in [4.69, 9.17) is 0 Å². The van der Waals surface area contributed by atoms with Crippen LogP contribution in [0.1, 0.15) is 34.1 Å². The molecule has 1 unspecified atom stereocenters. The molecule has 17 heavy (non-hydrogen) atoms. The quantitative estimate of drug-likeness (QED) is 0.844. The lowest BCUT2D eigenvalue weighted by Gasteiger charge is -2.19. The first-order valence-corrected chi connectivity index (χ1v) is 6.86. The third kappa shape index (κ3) is 4.50. The van der Waals surface area contributed by atoms with Gasteiger partial charge in [0.2, 0.25) is 5.95 Å². The summed E-state index contributed by atoms with van der Waals surface area (Å²) in [5.74, 6) is 2.08. The van der Waals surface area contributed by atoms with Gasteiger partial charge < -0.3 is 10.6 Å². The van der Waals surface area contributed by atoms with Crippen LogP contribution in [0.15, 0.2) is 10.7 Å². The molecule has 0 aliphatic carbocycles. The minimum atomic E-state index is 0.375. The smallest absolute Gasteiger partial charge is 0.224 e. The van der Waals surface area contributed by atoms with Crippen molar-refractivity contribution in [1.82, 2.24) is 9.97 Å². The zero-order valence-electron chi connectivity index (χ0n) is 10.9. The Morgan fingerprint density at radius 2 is 2.06 bits per heavy atom. The summed E-state index contributed by atoms with van der Waals surface area (Å²) >= 11 is 3.46. The predicted octanol–water partition coefficient (Wildman–Crippen LogP) is 3.52. The van der Waals surface area contributed by atoms with Crippen LogP contribution in [0.3, 0.4) is 0 Å². The lowest BCUT2D eigenvalue weighted by Crippen LogP contribution is -2.22. The van der Waals surface area contributed by atoms with E-state index in [1.165, 1.54) is 0 Å². The van der Waals surface area contributed by atoms with E-state index >= 15 is 0 Å². The highest BCUT2D eigenvalue weighted by Crippen LogP contribution is 2.22. The van der Waals surface area contributed by atoms with Crippen molar-refractivity contribution in [3.8, 4) is 0 Å². The molecule has 4 nitrogen and oxygen atoms in total. The van der Waals surface area contributed by atoms with Crippen LogP contribution in [-0.2, 0) is 0 Å². The summed E-state index contributed by atoms with van der Waals surface area (Å²) in [4.78, 5) is 8.67. The van der Waals surface area contributed by atoms with Crippen molar-refractivity contribution >= 4 is 27.7 Å². The van der Waals surface area contributed by atoms with E-state index in [1.54, 1.807) is 6.20 Å². The van der Waals surface area contributed by atoms with Crippen LogP contribution in [0.5, 0.6) is 0 Å². The van der Waals surface area contributed by atoms with E-state index in [0.29, 0.717) is 17.9 Å². The molecule has 0 saturated heterocycles. The summed E-state index contributed by atoms with van der Waals surface area (Å²) in [7, 11) is 0. The van der Waals surface area contributed by atoms with Crippen LogP contribution in [-0.4, -0.2) is 22.6 Å². The number of hydrogen-bond donors (Lipinski definition) is 2. The molecule has 5 heteroatoms. The molecule has 0 aliphatic heterocycles. The second kappa shape index (κ2) is 6.79. The lowest BCUT2D eigenvalue weighted by atomic mass is 10.1. The van der Waals surface area contributed by atoms with E-state index < -0.39 is 0 Å². The average molecular weight is 301 g/mol. The van der Waals surface area contributed by atoms with E-state index in [2.05, 4.69) is 64.2 Å². The van der Waals surface area contributed by atoms with Gasteiger partial charge in [-0.15, -0.1) is 0 Å². The van der Waals surface area contributed by atoms with Crippen LogP contribution in [0.25, 0.3) is 0 Å². The van der Waals surface area contributed by atoms with Crippen LogP contribution < -0.4 is 10.6 Å². The second-order valence-corrected chi connectivity index (χ2v) is 5.35. The monoisotopic (exact) mass is 300 g/mol. The van der Waals surface area contributed by atoms with Crippen LogP contribution >= 0.6 is 15.9 Å². The Kier molecular flexibility index (Phi) is 5.68. The number of nitrogens with one attached hydrogen (secondary N) is 2. The molecule has 1 heterocycles. The first-order valence-electron chi connectivity index (χ1n) is 6.07. The Morgan fingerprint density at radius 1 is 1.35 bits per heavy atom. The highest BCUT2D eigenvalue weighted by atomic mass is 79.9. The molecule has 0 aliphatic rings. The van der Waals surface area contributed by atoms with Crippen molar-refractivity contribution in [3.63, 3.8) is 0 Å². The maximum absolute atomic E-state index is 4.45. The van der Waals surface area contributed by atoms with Crippen molar-refractivity contribution in [1.29, 1.82) is 0 Å². The zero-order chi connectivity index (χ0) is 12.8. The van der Waals surface area contributed by atoms with Crippen LogP contribution in [0, 0.1) is 5.92 Å². The molecule has 0 radical (unpaired) electrons. The first kappa shape index (κ1) is 14.2. The van der Waals surface area contributed by atoms with Gasteiger partial charge in [-0.25, -0.2) is 4.98 Å². The van der Waals surface area contributed by atoms with Crippen molar-refractivity contribution in [2.45, 2.75) is 40.2 Å². The number of anilines is 2. The highest BCUT2D eigenvalue weighted by Gasteiger charge is 2.11. The van der Waals surface area contributed by atoms with Gasteiger partial charge in [0.05, 0.1) is 4.47 Å². The molecule has 0 fully saturated rings. The SMILES string of the molecule is CCCNc1ncc(Br)c(NC(C)C(C)C)n1. The van der Waals surface area contributed by atoms with Crippen molar-refractivity contribution in [2.24, 2.45) is 5.92 Å². The molecule has 0 saturated carbocycles. The van der Waals surface area contributed by atoms with E-state index in [1.807, 2.05) is 0 Å². The Morgan fingerprint density at radius 3 is 2.65 bits per heavy atom. The van der Waals surface area contributed by atoms with Gasteiger partial charge in [0.25, 0.3) is 0 Å².